The van der Waals surface area contributed by atoms with Crippen molar-refractivity contribution in [2.75, 3.05) is 20.2 Å². The first-order valence-corrected chi connectivity index (χ1v) is 8.62. The minimum atomic E-state index is -1.69. The Kier molecular flexibility index (Phi) is 7.93. The van der Waals surface area contributed by atoms with Gasteiger partial charge in [-0.3, -0.25) is 4.79 Å². The van der Waals surface area contributed by atoms with Crippen LogP contribution in [0.1, 0.15) is 39.4 Å². The van der Waals surface area contributed by atoms with E-state index >= 15 is 0 Å². The number of ether oxygens (including phenoxy) is 1. The highest BCUT2D eigenvalue weighted by atomic mass is 16.5. The lowest BCUT2D eigenvalue weighted by molar-refractivity contribution is -0.153. The number of carbonyl (C=O) groups excluding carboxylic acids is 2. The Balaban J connectivity index is 3.04. The number of amides is 3. The molecule has 0 bridgehead atoms. The number of hydrogen-bond donors (Lipinski definition) is 2. The Bertz CT molecular complexity index is 659. The fourth-order valence-corrected chi connectivity index (χ4v) is 2.54. The molecule has 0 heterocycles. The maximum Gasteiger partial charge on any atom is 0.329 e. The number of benzene rings is 1. The van der Waals surface area contributed by atoms with E-state index in [-0.39, 0.29) is 13.2 Å². The SMILES string of the molecule is CC(=O)N(C(=O)N(C)C[C@H](OC[C@H](C)O)c1ccccc1)C(C)(C)C(=O)O. The molecule has 1 aromatic rings. The normalized spacial score (nSPS) is 13.6. The van der Waals surface area contributed by atoms with Gasteiger partial charge in [0, 0.05) is 14.0 Å². The summed E-state index contributed by atoms with van der Waals surface area (Å²) in [6.45, 7) is 5.47. The van der Waals surface area contributed by atoms with Crippen LogP contribution in [-0.4, -0.2) is 69.8 Å². The Morgan fingerprint density at radius 1 is 1.19 bits per heavy atom. The summed E-state index contributed by atoms with van der Waals surface area (Å²) in [4.78, 5) is 38.2. The molecule has 2 N–H and O–H groups in total. The number of hydrogen-bond acceptors (Lipinski definition) is 5. The van der Waals surface area contributed by atoms with Gasteiger partial charge in [-0.25, -0.2) is 14.5 Å². The summed E-state index contributed by atoms with van der Waals surface area (Å²) in [6, 6.07) is 8.41. The number of rotatable bonds is 8. The Hall–Kier alpha value is -2.45. The lowest BCUT2D eigenvalue weighted by atomic mass is 10.0. The molecule has 0 aromatic heterocycles. The molecule has 27 heavy (non-hydrogen) atoms. The molecule has 1 rings (SSSR count). The number of carboxylic acids is 1. The van der Waals surface area contributed by atoms with Crippen LogP contribution in [0.5, 0.6) is 0 Å². The minimum absolute atomic E-state index is 0.0681. The molecule has 0 aliphatic rings. The summed E-state index contributed by atoms with van der Waals surface area (Å²) in [5.74, 6) is -1.95. The number of urea groups is 1. The van der Waals surface area contributed by atoms with Crippen LogP contribution in [-0.2, 0) is 14.3 Å². The number of carboxylic acid groups (broad SMARTS) is 1. The summed E-state index contributed by atoms with van der Waals surface area (Å²) in [7, 11) is 1.47. The van der Waals surface area contributed by atoms with Gasteiger partial charge in [-0.05, 0) is 26.3 Å². The fraction of sp³-hybridized carbons (Fsp3) is 0.526. The van der Waals surface area contributed by atoms with Gasteiger partial charge in [-0.1, -0.05) is 30.3 Å². The molecule has 0 saturated carbocycles. The number of aliphatic hydroxyl groups is 1. The van der Waals surface area contributed by atoms with Gasteiger partial charge < -0.3 is 19.8 Å². The number of likely N-dealkylation sites (N-methyl/N-ethyl adjacent to an activating group) is 1. The van der Waals surface area contributed by atoms with E-state index < -0.39 is 35.7 Å². The average Bonchev–Trinajstić information content (AvgIpc) is 2.58. The third-order valence-electron chi connectivity index (χ3n) is 4.06. The molecule has 0 spiro atoms. The molecule has 0 saturated heterocycles. The number of aliphatic carboxylic acids is 1. The fourth-order valence-electron chi connectivity index (χ4n) is 2.54. The van der Waals surface area contributed by atoms with E-state index in [1.165, 1.54) is 25.8 Å². The van der Waals surface area contributed by atoms with Crippen molar-refractivity contribution in [2.24, 2.45) is 0 Å². The zero-order chi connectivity index (χ0) is 20.8. The van der Waals surface area contributed by atoms with E-state index in [2.05, 4.69) is 0 Å². The molecule has 1 aromatic carbocycles. The molecule has 150 valence electrons. The van der Waals surface area contributed by atoms with E-state index in [1.807, 2.05) is 30.3 Å². The van der Waals surface area contributed by atoms with Crippen molar-refractivity contribution in [3.8, 4) is 0 Å². The highest BCUT2D eigenvalue weighted by molar-refractivity contribution is 5.99. The number of carbonyl (C=O) groups is 3. The molecule has 8 nitrogen and oxygen atoms in total. The Morgan fingerprint density at radius 3 is 2.19 bits per heavy atom. The van der Waals surface area contributed by atoms with Crippen molar-refractivity contribution in [1.82, 2.24) is 9.80 Å². The average molecular weight is 380 g/mol. The van der Waals surface area contributed by atoms with Gasteiger partial charge in [0.25, 0.3) is 0 Å². The predicted octanol–water partition coefficient (Wildman–Crippen LogP) is 1.89. The second-order valence-corrected chi connectivity index (χ2v) is 6.96. The van der Waals surface area contributed by atoms with Crippen molar-refractivity contribution >= 4 is 17.9 Å². The van der Waals surface area contributed by atoms with Gasteiger partial charge in [0.05, 0.1) is 19.3 Å². The molecular weight excluding hydrogens is 352 g/mol. The summed E-state index contributed by atoms with van der Waals surface area (Å²) >= 11 is 0. The van der Waals surface area contributed by atoms with Gasteiger partial charge in [-0.15, -0.1) is 0 Å². The molecule has 0 aliphatic carbocycles. The van der Waals surface area contributed by atoms with Gasteiger partial charge in [0.1, 0.15) is 11.6 Å². The van der Waals surface area contributed by atoms with E-state index in [9.17, 15) is 24.6 Å². The molecule has 3 amide bonds. The van der Waals surface area contributed by atoms with Crippen LogP contribution in [0.4, 0.5) is 4.79 Å². The van der Waals surface area contributed by atoms with Crippen molar-refractivity contribution < 1.29 is 29.3 Å². The van der Waals surface area contributed by atoms with Gasteiger partial charge in [-0.2, -0.15) is 0 Å². The topological polar surface area (TPSA) is 107 Å². The molecule has 8 heteroatoms. The first-order chi connectivity index (χ1) is 12.5. The number of aliphatic hydroxyl groups excluding tert-OH is 1. The van der Waals surface area contributed by atoms with Crippen molar-refractivity contribution in [1.29, 1.82) is 0 Å². The van der Waals surface area contributed by atoms with Crippen LogP contribution in [0.2, 0.25) is 0 Å². The summed E-state index contributed by atoms with van der Waals surface area (Å²) in [6.07, 6.45) is -1.23. The van der Waals surface area contributed by atoms with Crippen LogP contribution >= 0.6 is 0 Å². The van der Waals surface area contributed by atoms with Gasteiger partial charge in [0.2, 0.25) is 5.91 Å². The standard InChI is InChI=1S/C19H28N2O6/c1-13(22)12-27-16(15-9-7-6-8-10-15)11-20(5)18(26)21(14(2)23)19(3,4)17(24)25/h6-10,13,16,22H,11-12H2,1-5H3,(H,24,25)/t13-,16-/m0/s1. The second-order valence-electron chi connectivity index (χ2n) is 6.96. The molecule has 0 aliphatic heterocycles. The largest absolute Gasteiger partial charge is 0.480 e. The number of imide groups is 1. The van der Waals surface area contributed by atoms with Gasteiger partial charge in [0.15, 0.2) is 0 Å². The van der Waals surface area contributed by atoms with Crippen molar-refractivity contribution in [2.45, 2.75) is 45.4 Å². The van der Waals surface area contributed by atoms with E-state index in [1.54, 1.807) is 6.92 Å². The third-order valence-corrected chi connectivity index (χ3v) is 4.06. The summed E-state index contributed by atoms with van der Waals surface area (Å²) in [5, 5.41) is 18.9. The van der Waals surface area contributed by atoms with Crippen LogP contribution in [0, 0.1) is 0 Å². The summed E-state index contributed by atoms with van der Waals surface area (Å²) in [5.41, 5.74) is -0.899. The van der Waals surface area contributed by atoms with Crippen LogP contribution < -0.4 is 0 Å². The number of nitrogens with zero attached hydrogens (tertiary/aromatic N) is 2. The third kappa shape index (κ3) is 6.04. The molecule has 2 atom stereocenters. The lowest BCUT2D eigenvalue weighted by Gasteiger charge is -2.36. The highest BCUT2D eigenvalue weighted by Gasteiger charge is 2.42. The zero-order valence-electron chi connectivity index (χ0n) is 16.4. The lowest BCUT2D eigenvalue weighted by Crippen LogP contribution is -2.58. The Labute approximate surface area is 159 Å². The first-order valence-electron chi connectivity index (χ1n) is 8.62. The maximum atomic E-state index is 12.8. The maximum absolute atomic E-state index is 12.8. The quantitative estimate of drug-likeness (QED) is 0.713. The van der Waals surface area contributed by atoms with E-state index in [0.29, 0.717) is 4.90 Å². The highest BCUT2D eigenvalue weighted by Crippen LogP contribution is 2.22. The Morgan fingerprint density at radius 2 is 1.74 bits per heavy atom. The van der Waals surface area contributed by atoms with E-state index in [4.69, 9.17) is 4.74 Å². The molecule has 0 radical (unpaired) electrons. The monoisotopic (exact) mass is 380 g/mol. The smallest absolute Gasteiger partial charge is 0.329 e. The van der Waals surface area contributed by atoms with Crippen LogP contribution in [0.25, 0.3) is 0 Å². The molecular formula is C19H28N2O6. The van der Waals surface area contributed by atoms with Crippen LogP contribution in [0.15, 0.2) is 30.3 Å². The molecule has 0 fully saturated rings. The van der Waals surface area contributed by atoms with Crippen molar-refractivity contribution in [3.63, 3.8) is 0 Å². The van der Waals surface area contributed by atoms with E-state index in [0.717, 1.165) is 12.5 Å². The van der Waals surface area contributed by atoms with Gasteiger partial charge >= 0.3 is 12.0 Å². The predicted molar refractivity (Wildman–Crippen MR) is 99.1 cm³/mol. The second kappa shape index (κ2) is 9.48. The van der Waals surface area contributed by atoms with Crippen molar-refractivity contribution in [3.05, 3.63) is 35.9 Å². The van der Waals surface area contributed by atoms with Crippen LogP contribution in [0.3, 0.4) is 0 Å². The molecule has 0 unspecified atom stereocenters. The zero-order valence-corrected chi connectivity index (χ0v) is 16.4. The summed E-state index contributed by atoms with van der Waals surface area (Å²) < 4.78 is 5.72. The first kappa shape index (κ1) is 22.6. The minimum Gasteiger partial charge on any atom is -0.480 e.